The van der Waals surface area contributed by atoms with Crippen molar-refractivity contribution in [3.63, 3.8) is 0 Å². The van der Waals surface area contributed by atoms with Gasteiger partial charge in [0.2, 0.25) is 0 Å². The van der Waals surface area contributed by atoms with Gasteiger partial charge in [-0.25, -0.2) is 4.68 Å². The summed E-state index contributed by atoms with van der Waals surface area (Å²) in [4.78, 5) is 1.85. The van der Waals surface area contributed by atoms with Gasteiger partial charge in [-0.2, -0.15) is 15.6 Å². The Morgan fingerprint density at radius 1 is 1.50 bits per heavy atom. The van der Waals surface area contributed by atoms with E-state index in [-0.39, 0.29) is 0 Å². The van der Waals surface area contributed by atoms with Gasteiger partial charge in [-0.3, -0.25) is 0 Å². The van der Waals surface area contributed by atoms with Crippen molar-refractivity contribution in [3.05, 3.63) is 5.56 Å². The molecule has 84 valence electrons. The highest BCUT2D eigenvalue weighted by Crippen LogP contribution is 2.23. The second kappa shape index (κ2) is 5.04. The van der Waals surface area contributed by atoms with E-state index in [1.54, 1.807) is 0 Å². The fourth-order valence-corrected chi connectivity index (χ4v) is 1.31. The minimum absolute atomic E-state index is 0.325. The Hall–Kier alpha value is -2.21. The zero-order chi connectivity index (χ0) is 12.1. The first-order valence-corrected chi connectivity index (χ1v) is 5.00. The van der Waals surface area contributed by atoms with E-state index in [9.17, 15) is 0 Å². The normalized spacial score (nSPS) is 9.50. The van der Waals surface area contributed by atoms with Gasteiger partial charge in [0.15, 0.2) is 5.82 Å². The molecular formula is C10H14N6. The van der Waals surface area contributed by atoms with Crippen molar-refractivity contribution >= 4 is 11.6 Å². The number of hydrogen-bond donors (Lipinski definition) is 1. The van der Waals surface area contributed by atoms with E-state index in [4.69, 9.17) is 16.3 Å². The van der Waals surface area contributed by atoms with Crippen LogP contribution in [0.2, 0.25) is 0 Å². The lowest BCUT2D eigenvalue weighted by Crippen LogP contribution is -2.17. The molecule has 0 radical (unpaired) electrons. The summed E-state index contributed by atoms with van der Waals surface area (Å²) in [6, 6.07) is 4.06. The molecule has 16 heavy (non-hydrogen) atoms. The highest BCUT2D eigenvalue weighted by Gasteiger charge is 2.17. The number of anilines is 2. The van der Waals surface area contributed by atoms with Crippen LogP contribution in [0.5, 0.6) is 0 Å². The molecule has 2 N–H and O–H groups in total. The Kier molecular flexibility index (Phi) is 3.73. The molecule has 1 aromatic rings. The number of nitrogens with two attached hydrogens (primary N) is 1. The smallest absolute Gasteiger partial charge is 0.170 e. The van der Waals surface area contributed by atoms with E-state index in [1.165, 1.54) is 4.68 Å². The molecule has 0 amide bonds. The molecular weight excluding hydrogens is 204 g/mol. The SMILES string of the molecule is CCN(C)c1nn(CCC#N)c(N)c1C#N. The zero-order valence-electron chi connectivity index (χ0n) is 9.43. The number of aromatic nitrogens is 2. The molecule has 6 heteroatoms. The summed E-state index contributed by atoms with van der Waals surface area (Å²) in [6.45, 7) is 3.11. The number of nitrogen functional groups attached to an aromatic ring is 1. The molecule has 1 heterocycles. The number of rotatable bonds is 4. The van der Waals surface area contributed by atoms with Crippen molar-refractivity contribution < 1.29 is 0 Å². The average molecular weight is 218 g/mol. The number of nitriles is 2. The van der Waals surface area contributed by atoms with Crippen LogP contribution in [0.1, 0.15) is 18.9 Å². The zero-order valence-corrected chi connectivity index (χ0v) is 9.43. The van der Waals surface area contributed by atoms with E-state index in [1.807, 2.05) is 31.0 Å². The van der Waals surface area contributed by atoms with Gasteiger partial charge >= 0.3 is 0 Å². The Bertz CT molecular complexity index is 447. The molecule has 0 aromatic carbocycles. The fraction of sp³-hybridized carbons (Fsp3) is 0.500. The van der Waals surface area contributed by atoms with Crippen LogP contribution in [-0.4, -0.2) is 23.4 Å². The molecule has 0 aliphatic rings. The maximum atomic E-state index is 9.01. The Labute approximate surface area is 94.5 Å². The molecule has 0 saturated heterocycles. The second-order valence-electron chi connectivity index (χ2n) is 3.34. The first-order valence-electron chi connectivity index (χ1n) is 5.00. The van der Waals surface area contributed by atoms with Gasteiger partial charge < -0.3 is 10.6 Å². The quantitative estimate of drug-likeness (QED) is 0.802. The van der Waals surface area contributed by atoms with E-state index in [0.717, 1.165) is 6.54 Å². The van der Waals surface area contributed by atoms with Crippen LogP contribution in [0.4, 0.5) is 11.6 Å². The van der Waals surface area contributed by atoms with Gasteiger partial charge in [-0.05, 0) is 6.92 Å². The van der Waals surface area contributed by atoms with Crippen LogP contribution in [0.15, 0.2) is 0 Å². The topological polar surface area (TPSA) is 94.7 Å². The predicted molar refractivity (Wildman–Crippen MR) is 60.5 cm³/mol. The van der Waals surface area contributed by atoms with Crippen LogP contribution < -0.4 is 10.6 Å². The summed E-state index contributed by atoms with van der Waals surface area (Å²) in [6.07, 6.45) is 0.325. The van der Waals surface area contributed by atoms with Crippen LogP contribution >= 0.6 is 0 Å². The fourth-order valence-electron chi connectivity index (χ4n) is 1.31. The molecule has 0 saturated carbocycles. The molecule has 0 bridgehead atoms. The molecule has 0 aliphatic heterocycles. The van der Waals surface area contributed by atoms with Gasteiger partial charge in [-0.1, -0.05) is 0 Å². The number of aryl methyl sites for hydroxylation is 1. The van der Waals surface area contributed by atoms with E-state index in [0.29, 0.717) is 30.2 Å². The Balaban J connectivity index is 3.12. The molecule has 0 spiro atoms. The maximum absolute atomic E-state index is 9.01. The number of nitrogens with zero attached hydrogens (tertiary/aromatic N) is 5. The summed E-state index contributed by atoms with van der Waals surface area (Å²) in [5.41, 5.74) is 6.17. The van der Waals surface area contributed by atoms with Gasteiger partial charge in [-0.15, -0.1) is 0 Å². The van der Waals surface area contributed by atoms with Crippen LogP contribution in [0.25, 0.3) is 0 Å². The minimum atomic E-state index is 0.325. The van der Waals surface area contributed by atoms with Crippen molar-refractivity contribution in [1.29, 1.82) is 10.5 Å². The molecule has 0 fully saturated rings. The van der Waals surface area contributed by atoms with Crippen LogP contribution in [0, 0.1) is 22.7 Å². The van der Waals surface area contributed by atoms with Gasteiger partial charge in [0, 0.05) is 13.6 Å². The summed E-state index contributed by atoms with van der Waals surface area (Å²) in [7, 11) is 1.84. The lowest BCUT2D eigenvalue weighted by atomic mass is 10.3. The van der Waals surface area contributed by atoms with Crippen molar-refractivity contribution in [3.8, 4) is 12.1 Å². The minimum Gasteiger partial charge on any atom is -0.383 e. The molecule has 0 aliphatic carbocycles. The van der Waals surface area contributed by atoms with Crippen molar-refractivity contribution in [2.45, 2.75) is 19.9 Å². The predicted octanol–water partition coefficient (Wildman–Crippen LogP) is 0.707. The van der Waals surface area contributed by atoms with Gasteiger partial charge in [0.25, 0.3) is 0 Å². The third-order valence-corrected chi connectivity index (χ3v) is 2.36. The second-order valence-corrected chi connectivity index (χ2v) is 3.34. The van der Waals surface area contributed by atoms with Crippen molar-refractivity contribution in [2.24, 2.45) is 0 Å². The van der Waals surface area contributed by atoms with Crippen molar-refractivity contribution in [2.75, 3.05) is 24.2 Å². The lowest BCUT2D eigenvalue weighted by molar-refractivity contribution is 0.634. The summed E-state index contributed by atoms with van der Waals surface area (Å²) in [5, 5.41) is 21.7. The van der Waals surface area contributed by atoms with Gasteiger partial charge in [0.1, 0.15) is 17.5 Å². The van der Waals surface area contributed by atoms with E-state index >= 15 is 0 Å². The van der Waals surface area contributed by atoms with E-state index in [2.05, 4.69) is 5.10 Å². The lowest BCUT2D eigenvalue weighted by Gasteiger charge is -2.12. The molecule has 1 aromatic heterocycles. The highest BCUT2D eigenvalue weighted by atomic mass is 15.4. The third kappa shape index (κ3) is 2.06. The van der Waals surface area contributed by atoms with Crippen LogP contribution in [-0.2, 0) is 6.54 Å². The third-order valence-electron chi connectivity index (χ3n) is 2.36. The maximum Gasteiger partial charge on any atom is 0.170 e. The molecule has 6 nitrogen and oxygen atoms in total. The highest BCUT2D eigenvalue weighted by molar-refractivity contribution is 5.64. The van der Waals surface area contributed by atoms with Crippen LogP contribution in [0.3, 0.4) is 0 Å². The average Bonchev–Trinajstić information content (AvgIpc) is 2.62. The molecule has 1 rings (SSSR count). The Morgan fingerprint density at radius 3 is 2.69 bits per heavy atom. The standard InChI is InChI=1S/C10H14N6/c1-3-15(2)10-8(7-12)9(13)16(14-10)6-4-5-11/h3-4,6,13H2,1-2H3. The Morgan fingerprint density at radius 2 is 2.19 bits per heavy atom. The van der Waals surface area contributed by atoms with E-state index < -0.39 is 0 Å². The largest absolute Gasteiger partial charge is 0.383 e. The van der Waals surface area contributed by atoms with Gasteiger partial charge in [0.05, 0.1) is 19.0 Å². The first-order chi connectivity index (χ1) is 7.65. The summed E-state index contributed by atoms with van der Waals surface area (Å²) < 4.78 is 1.50. The molecule has 0 unspecified atom stereocenters. The summed E-state index contributed by atoms with van der Waals surface area (Å²) in [5.74, 6) is 0.897. The van der Waals surface area contributed by atoms with Crippen molar-refractivity contribution in [1.82, 2.24) is 9.78 Å². The monoisotopic (exact) mass is 218 g/mol. The number of hydrogen-bond acceptors (Lipinski definition) is 5. The molecule has 0 atom stereocenters. The summed E-state index contributed by atoms with van der Waals surface area (Å²) >= 11 is 0. The first kappa shape index (κ1) is 11.9.